The Morgan fingerprint density at radius 1 is 1.26 bits per heavy atom. The monoisotopic (exact) mass is 270 g/mol. The van der Waals surface area contributed by atoms with Gasteiger partial charge in [-0.3, -0.25) is 9.69 Å². The number of piperazine rings is 1. The number of nitrogens with one attached hydrogen (secondary N) is 1. The fraction of sp³-hybridized carbons (Fsp3) is 0.846. The fourth-order valence-electron chi connectivity index (χ4n) is 2.85. The average Bonchev–Trinajstić information content (AvgIpc) is 2.53. The van der Waals surface area contributed by atoms with Crippen LogP contribution in [0.5, 0.6) is 0 Å². The largest absolute Gasteiger partial charge is 0.469 e. The van der Waals surface area contributed by atoms with E-state index >= 15 is 0 Å². The standard InChI is InChI=1S/C13H22N2O4/c1-13(2,3)19-12(17)15-8-5-9(11(16)18-4)10(15)7-14-6-8/h8-10,14H,5-7H2,1-4H3/t8-,9-,10-/m0/s1. The minimum atomic E-state index is -0.526. The van der Waals surface area contributed by atoms with Gasteiger partial charge < -0.3 is 14.8 Å². The van der Waals surface area contributed by atoms with Crippen molar-refractivity contribution >= 4 is 12.1 Å². The van der Waals surface area contributed by atoms with Gasteiger partial charge in [0.25, 0.3) is 0 Å². The number of fused-ring (bicyclic) bond motifs is 2. The third-order valence-corrected chi connectivity index (χ3v) is 3.58. The molecule has 2 aliphatic heterocycles. The zero-order valence-corrected chi connectivity index (χ0v) is 11.9. The molecule has 0 aromatic heterocycles. The maximum absolute atomic E-state index is 12.3. The number of hydrogen-bond donors (Lipinski definition) is 1. The molecule has 2 bridgehead atoms. The fourth-order valence-corrected chi connectivity index (χ4v) is 2.85. The van der Waals surface area contributed by atoms with Crippen LogP contribution in [0.4, 0.5) is 4.79 Å². The van der Waals surface area contributed by atoms with Gasteiger partial charge in [0.15, 0.2) is 0 Å². The number of rotatable bonds is 1. The Hall–Kier alpha value is -1.30. The zero-order valence-electron chi connectivity index (χ0n) is 11.9. The van der Waals surface area contributed by atoms with E-state index in [9.17, 15) is 9.59 Å². The lowest BCUT2D eigenvalue weighted by Gasteiger charge is -2.36. The molecule has 0 aromatic carbocycles. The molecule has 0 spiro atoms. The number of nitrogens with zero attached hydrogens (tertiary/aromatic N) is 1. The molecule has 2 aliphatic rings. The first-order chi connectivity index (χ1) is 8.83. The Bertz CT molecular complexity index is 377. The number of amides is 1. The quantitative estimate of drug-likeness (QED) is 0.712. The van der Waals surface area contributed by atoms with E-state index in [1.54, 1.807) is 4.90 Å². The van der Waals surface area contributed by atoms with Crippen LogP contribution in [0.15, 0.2) is 0 Å². The summed E-state index contributed by atoms with van der Waals surface area (Å²) in [6, 6.07) is -0.154. The lowest BCUT2D eigenvalue weighted by Crippen LogP contribution is -2.56. The van der Waals surface area contributed by atoms with Gasteiger partial charge in [0.1, 0.15) is 5.60 Å². The molecule has 1 N–H and O–H groups in total. The van der Waals surface area contributed by atoms with Gasteiger partial charge in [-0.2, -0.15) is 0 Å². The molecule has 3 atom stereocenters. The van der Waals surface area contributed by atoms with Crippen LogP contribution in [0.1, 0.15) is 27.2 Å². The van der Waals surface area contributed by atoms with Crippen molar-refractivity contribution in [3.05, 3.63) is 0 Å². The minimum Gasteiger partial charge on any atom is -0.469 e. The van der Waals surface area contributed by atoms with E-state index in [4.69, 9.17) is 9.47 Å². The van der Waals surface area contributed by atoms with Crippen LogP contribution >= 0.6 is 0 Å². The van der Waals surface area contributed by atoms with E-state index in [-0.39, 0.29) is 30.1 Å². The number of ether oxygens (including phenoxy) is 2. The number of esters is 1. The van der Waals surface area contributed by atoms with Crippen molar-refractivity contribution < 1.29 is 19.1 Å². The van der Waals surface area contributed by atoms with Crippen LogP contribution in [0.2, 0.25) is 0 Å². The Kier molecular flexibility index (Phi) is 3.71. The van der Waals surface area contributed by atoms with E-state index < -0.39 is 5.60 Å². The maximum Gasteiger partial charge on any atom is 0.410 e. The number of carbonyl (C=O) groups excluding carboxylic acids is 2. The second-order valence-electron chi connectivity index (χ2n) is 6.13. The van der Waals surface area contributed by atoms with Gasteiger partial charge in [-0.1, -0.05) is 0 Å². The van der Waals surface area contributed by atoms with E-state index in [0.29, 0.717) is 19.5 Å². The van der Waals surface area contributed by atoms with Crippen LogP contribution < -0.4 is 5.32 Å². The van der Waals surface area contributed by atoms with Crippen molar-refractivity contribution in [3.8, 4) is 0 Å². The smallest absolute Gasteiger partial charge is 0.410 e. The predicted molar refractivity (Wildman–Crippen MR) is 68.6 cm³/mol. The summed E-state index contributed by atoms with van der Waals surface area (Å²) in [6.45, 7) is 6.82. The third-order valence-electron chi connectivity index (χ3n) is 3.58. The van der Waals surface area contributed by atoms with Gasteiger partial charge in [-0.15, -0.1) is 0 Å². The lowest BCUT2D eigenvalue weighted by atomic mass is 10.0. The van der Waals surface area contributed by atoms with Crippen LogP contribution in [-0.2, 0) is 14.3 Å². The van der Waals surface area contributed by atoms with Crippen molar-refractivity contribution in [1.29, 1.82) is 0 Å². The van der Waals surface area contributed by atoms with Crippen molar-refractivity contribution in [1.82, 2.24) is 10.2 Å². The molecule has 6 nitrogen and oxygen atoms in total. The van der Waals surface area contributed by atoms with E-state index in [1.807, 2.05) is 20.8 Å². The Labute approximate surface area is 113 Å². The number of hydrogen-bond acceptors (Lipinski definition) is 5. The highest BCUT2D eigenvalue weighted by molar-refractivity contribution is 5.77. The summed E-state index contributed by atoms with van der Waals surface area (Å²) in [5.74, 6) is -0.498. The van der Waals surface area contributed by atoms with Crippen molar-refractivity contribution in [2.24, 2.45) is 5.92 Å². The number of methoxy groups -OCH3 is 1. The Balaban J connectivity index is 2.13. The van der Waals surface area contributed by atoms with Gasteiger partial charge in [-0.05, 0) is 27.2 Å². The molecular weight excluding hydrogens is 248 g/mol. The van der Waals surface area contributed by atoms with Gasteiger partial charge in [0, 0.05) is 19.1 Å². The molecule has 0 saturated carbocycles. The molecule has 0 aliphatic carbocycles. The topological polar surface area (TPSA) is 67.9 Å². The molecule has 2 saturated heterocycles. The van der Waals surface area contributed by atoms with Gasteiger partial charge in [0.05, 0.1) is 19.1 Å². The molecule has 19 heavy (non-hydrogen) atoms. The summed E-state index contributed by atoms with van der Waals surface area (Å²) >= 11 is 0. The molecule has 2 rings (SSSR count). The molecule has 2 heterocycles. The summed E-state index contributed by atoms with van der Waals surface area (Å²) in [4.78, 5) is 25.7. The minimum absolute atomic E-state index is 0.0118. The first-order valence-electron chi connectivity index (χ1n) is 6.63. The predicted octanol–water partition coefficient (Wildman–Crippen LogP) is 0.757. The van der Waals surface area contributed by atoms with Gasteiger partial charge >= 0.3 is 12.1 Å². The molecular formula is C13H22N2O4. The molecule has 0 unspecified atom stereocenters. The van der Waals surface area contributed by atoms with Crippen LogP contribution in [0, 0.1) is 5.92 Å². The summed E-state index contributed by atoms with van der Waals surface area (Å²) in [6.07, 6.45) is 0.305. The Morgan fingerprint density at radius 2 is 1.95 bits per heavy atom. The summed E-state index contributed by atoms with van der Waals surface area (Å²) < 4.78 is 10.3. The average molecular weight is 270 g/mol. The summed E-state index contributed by atoms with van der Waals surface area (Å²) in [7, 11) is 1.38. The molecule has 0 radical (unpaired) electrons. The van der Waals surface area contributed by atoms with E-state index in [2.05, 4.69) is 5.32 Å². The van der Waals surface area contributed by atoms with Gasteiger partial charge in [-0.25, -0.2) is 4.79 Å². The first-order valence-corrected chi connectivity index (χ1v) is 6.63. The Morgan fingerprint density at radius 3 is 2.53 bits per heavy atom. The maximum atomic E-state index is 12.3. The van der Waals surface area contributed by atoms with Gasteiger partial charge in [0.2, 0.25) is 0 Å². The van der Waals surface area contributed by atoms with Crippen LogP contribution in [0.3, 0.4) is 0 Å². The SMILES string of the molecule is COC(=O)[C@H]1C[C@H]2CNC[C@@H]1N2C(=O)OC(C)(C)C. The highest BCUT2D eigenvalue weighted by Crippen LogP contribution is 2.34. The van der Waals surface area contributed by atoms with Crippen molar-refractivity contribution in [2.75, 3.05) is 20.2 Å². The highest BCUT2D eigenvalue weighted by Gasteiger charge is 2.50. The zero-order chi connectivity index (χ0) is 14.2. The second-order valence-corrected chi connectivity index (χ2v) is 6.13. The summed E-state index contributed by atoms with van der Waals surface area (Å²) in [5.41, 5.74) is -0.526. The lowest BCUT2D eigenvalue weighted by molar-refractivity contribution is -0.146. The normalized spacial score (nSPS) is 30.1. The molecule has 2 fully saturated rings. The first kappa shape index (κ1) is 14.1. The third kappa shape index (κ3) is 2.83. The highest BCUT2D eigenvalue weighted by atomic mass is 16.6. The van der Waals surface area contributed by atoms with Crippen molar-refractivity contribution in [3.63, 3.8) is 0 Å². The molecule has 1 amide bonds. The molecule has 6 heteroatoms. The van der Waals surface area contributed by atoms with Crippen molar-refractivity contribution in [2.45, 2.75) is 44.9 Å². The second kappa shape index (κ2) is 5.00. The van der Waals surface area contributed by atoms with Crippen LogP contribution in [0.25, 0.3) is 0 Å². The van der Waals surface area contributed by atoms with E-state index in [1.165, 1.54) is 7.11 Å². The van der Waals surface area contributed by atoms with Crippen LogP contribution in [-0.4, -0.2) is 54.8 Å². The van der Waals surface area contributed by atoms with E-state index in [0.717, 1.165) is 0 Å². The molecule has 0 aromatic rings. The summed E-state index contributed by atoms with van der Waals surface area (Å²) in [5, 5.41) is 3.25. The molecule has 108 valence electrons. The number of carbonyl (C=O) groups is 2.